The summed E-state index contributed by atoms with van der Waals surface area (Å²) in [5.74, 6) is 0.452. The Morgan fingerprint density at radius 3 is 2.61 bits per heavy atom. The van der Waals surface area contributed by atoms with Gasteiger partial charge in [-0.1, -0.05) is 0 Å². The molecule has 23 heavy (non-hydrogen) atoms. The van der Waals surface area contributed by atoms with Gasteiger partial charge in [0, 0.05) is 24.9 Å². The van der Waals surface area contributed by atoms with Crippen LogP contribution < -0.4 is 9.47 Å². The second-order valence-electron chi connectivity index (χ2n) is 6.17. The molecule has 4 rings (SSSR count). The van der Waals surface area contributed by atoms with Crippen LogP contribution in [-0.4, -0.2) is 40.9 Å². The molecule has 1 aromatic carbocycles. The molecule has 122 valence electrons. The summed E-state index contributed by atoms with van der Waals surface area (Å²) in [4.78, 5) is 0. The number of benzene rings is 1. The Morgan fingerprint density at radius 1 is 1.17 bits per heavy atom. The number of ether oxygens (including phenoxy) is 2. The van der Waals surface area contributed by atoms with Crippen LogP contribution >= 0.6 is 0 Å². The van der Waals surface area contributed by atoms with Gasteiger partial charge in [0.25, 0.3) is 0 Å². The second-order valence-corrected chi connectivity index (χ2v) is 6.17. The lowest BCUT2D eigenvalue weighted by atomic mass is 9.65. The Morgan fingerprint density at radius 2 is 1.96 bits per heavy atom. The van der Waals surface area contributed by atoms with Gasteiger partial charge < -0.3 is 29.2 Å². The first kappa shape index (κ1) is 14.6. The quantitative estimate of drug-likeness (QED) is 0.783. The van der Waals surface area contributed by atoms with E-state index in [1.807, 2.05) is 18.2 Å². The van der Waals surface area contributed by atoms with Crippen LogP contribution in [0.5, 0.6) is 11.5 Å². The van der Waals surface area contributed by atoms with E-state index in [2.05, 4.69) is 0 Å². The number of hydrogen-bond acceptors (Lipinski definition) is 6. The highest BCUT2D eigenvalue weighted by Gasteiger charge is 2.47. The lowest BCUT2D eigenvalue weighted by molar-refractivity contribution is -0.0874. The molecule has 0 amide bonds. The molecule has 2 aromatic rings. The maximum absolute atomic E-state index is 10.9. The fourth-order valence-corrected chi connectivity index (χ4v) is 3.74. The molecule has 6 nitrogen and oxygen atoms in total. The molecule has 0 bridgehead atoms. The van der Waals surface area contributed by atoms with E-state index >= 15 is 0 Å². The summed E-state index contributed by atoms with van der Waals surface area (Å²) in [7, 11) is 0. The average Bonchev–Trinajstić information content (AvgIpc) is 3.22. The first-order chi connectivity index (χ1) is 11.2. The minimum atomic E-state index is -1.41. The number of aliphatic hydroxyl groups excluding tert-OH is 2. The molecular weight excluding hydrogens is 300 g/mol. The summed E-state index contributed by atoms with van der Waals surface area (Å²) in [6.45, 7) is -0.510. The lowest BCUT2D eigenvalue weighted by Crippen LogP contribution is -2.51. The van der Waals surface area contributed by atoms with Gasteiger partial charge in [0.05, 0.1) is 24.7 Å². The molecule has 0 saturated carbocycles. The molecule has 6 heteroatoms. The van der Waals surface area contributed by atoms with Gasteiger partial charge in [0.2, 0.25) is 6.79 Å². The Kier molecular flexibility index (Phi) is 3.33. The molecule has 0 spiro atoms. The highest BCUT2D eigenvalue weighted by atomic mass is 16.7. The average molecular weight is 318 g/mol. The van der Waals surface area contributed by atoms with Crippen LogP contribution in [0.3, 0.4) is 0 Å². The molecule has 2 heterocycles. The van der Waals surface area contributed by atoms with Crippen molar-refractivity contribution in [3.05, 3.63) is 47.4 Å². The lowest BCUT2D eigenvalue weighted by Gasteiger charge is -2.44. The summed E-state index contributed by atoms with van der Waals surface area (Å²) in [5, 5.41) is 30.5. The molecule has 2 aliphatic rings. The van der Waals surface area contributed by atoms with Gasteiger partial charge in [-0.05, 0) is 34.9 Å². The monoisotopic (exact) mass is 318 g/mol. The van der Waals surface area contributed by atoms with Crippen LogP contribution in [-0.2, 0) is 6.42 Å². The molecule has 1 aliphatic heterocycles. The van der Waals surface area contributed by atoms with Crippen molar-refractivity contribution in [1.82, 2.24) is 0 Å². The predicted octanol–water partition coefficient (Wildman–Crippen LogP) is 1.03. The smallest absolute Gasteiger partial charge is 0.231 e. The number of fused-ring (bicyclic) bond motifs is 2. The SMILES string of the molecule is OC[C@H]1[C@H](c2ccoc2)c2cc3c(cc2C[C@]1(O)CO)OCO3. The Balaban J connectivity index is 1.91. The van der Waals surface area contributed by atoms with Crippen LogP contribution in [0.2, 0.25) is 0 Å². The number of furan rings is 1. The Bertz CT molecular complexity index is 710. The molecular formula is C17H18O6. The third-order valence-electron chi connectivity index (χ3n) is 4.93. The van der Waals surface area contributed by atoms with E-state index < -0.39 is 18.1 Å². The predicted molar refractivity (Wildman–Crippen MR) is 79.4 cm³/mol. The fourth-order valence-electron chi connectivity index (χ4n) is 3.74. The fraction of sp³-hybridized carbons (Fsp3) is 0.412. The molecule has 0 saturated heterocycles. The zero-order chi connectivity index (χ0) is 16.0. The van der Waals surface area contributed by atoms with Crippen molar-refractivity contribution in [2.45, 2.75) is 17.9 Å². The van der Waals surface area contributed by atoms with E-state index in [1.165, 1.54) is 0 Å². The molecule has 0 unspecified atom stereocenters. The maximum atomic E-state index is 10.9. The van der Waals surface area contributed by atoms with Crippen LogP contribution in [0.25, 0.3) is 0 Å². The molecule has 1 aliphatic carbocycles. The van der Waals surface area contributed by atoms with Crippen LogP contribution in [0, 0.1) is 5.92 Å². The van der Waals surface area contributed by atoms with Crippen LogP contribution in [0.4, 0.5) is 0 Å². The highest BCUT2D eigenvalue weighted by Crippen LogP contribution is 2.49. The van der Waals surface area contributed by atoms with Crippen molar-refractivity contribution in [1.29, 1.82) is 0 Å². The summed E-state index contributed by atoms with van der Waals surface area (Å²) in [5.41, 5.74) is 1.27. The van der Waals surface area contributed by atoms with E-state index in [9.17, 15) is 15.3 Å². The minimum Gasteiger partial charge on any atom is -0.472 e. The van der Waals surface area contributed by atoms with Gasteiger partial charge in [0.15, 0.2) is 11.5 Å². The summed E-state index contributed by atoms with van der Waals surface area (Å²) >= 11 is 0. The van der Waals surface area contributed by atoms with Crippen molar-refractivity contribution >= 4 is 0 Å². The van der Waals surface area contributed by atoms with E-state index in [0.29, 0.717) is 11.5 Å². The van der Waals surface area contributed by atoms with Gasteiger partial charge >= 0.3 is 0 Å². The Hall–Kier alpha value is -2.02. The third kappa shape index (κ3) is 2.14. The van der Waals surface area contributed by atoms with E-state index in [-0.39, 0.29) is 25.7 Å². The topological polar surface area (TPSA) is 92.3 Å². The first-order valence-electron chi connectivity index (χ1n) is 7.55. The zero-order valence-electron chi connectivity index (χ0n) is 12.4. The number of hydrogen-bond donors (Lipinski definition) is 3. The Labute approximate surface area is 132 Å². The maximum Gasteiger partial charge on any atom is 0.231 e. The molecule has 0 fully saturated rings. The van der Waals surface area contributed by atoms with Crippen molar-refractivity contribution in [2.24, 2.45) is 5.92 Å². The molecule has 1 aromatic heterocycles. The van der Waals surface area contributed by atoms with E-state index in [0.717, 1.165) is 16.7 Å². The zero-order valence-corrected chi connectivity index (χ0v) is 12.4. The second kappa shape index (κ2) is 5.26. The summed E-state index contributed by atoms with van der Waals surface area (Å²) < 4.78 is 16.1. The standard InChI is InChI=1S/C17H18O6/c18-6-13-16(10-1-2-21-7-10)12-4-15-14(22-9-23-15)3-11(12)5-17(13,20)8-19/h1-4,7,13,16,18-20H,5-6,8-9H2/t13-,16+,17-/m0/s1. The van der Waals surface area contributed by atoms with E-state index in [4.69, 9.17) is 13.9 Å². The van der Waals surface area contributed by atoms with Gasteiger partial charge in [-0.25, -0.2) is 0 Å². The summed E-state index contributed by atoms with van der Waals surface area (Å²) in [6, 6.07) is 5.55. The van der Waals surface area contributed by atoms with E-state index in [1.54, 1.807) is 12.5 Å². The third-order valence-corrected chi connectivity index (χ3v) is 4.93. The van der Waals surface area contributed by atoms with Gasteiger partial charge in [0.1, 0.15) is 0 Å². The van der Waals surface area contributed by atoms with Crippen molar-refractivity contribution in [3.63, 3.8) is 0 Å². The van der Waals surface area contributed by atoms with Crippen molar-refractivity contribution < 1.29 is 29.2 Å². The van der Waals surface area contributed by atoms with Gasteiger partial charge in [-0.3, -0.25) is 0 Å². The van der Waals surface area contributed by atoms with Crippen molar-refractivity contribution in [3.8, 4) is 11.5 Å². The first-order valence-corrected chi connectivity index (χ1v) is 7.55. The molecule has 3 atom stereocenters. The van der Waals surface area contributed by atoms with Crippen LogP contribution in [0.1, 0.15) is 22.6 Å². The van der Waals surface area contributed by atoms with Crippen LogP contribution in [0.15, 0.2) is 35.1 Å². The normalized spacial score (nSPS) is 28.7. The van der Waals surface area contributed by atoms with Gasteiger partial charge in [-0.15, -0.1) is 0 Å². The number of rotatable bonds is 3. The molecule has 0 radical (unpaired) electrons. The number of aliphatic hydroxyl groups is 3. The highest BCUT2D eigenvalue weighted by molar-refractivity contribution is 5.53. The van der Waals surface area contributed by atoms with Gasteiger partial charge in [-0.2, -0.15) is 0 Å². The van der Waals surface area contributed by atoms with Crippen molar-refractivity contribution in [2.75, 3.05) is 20.0 Å². The minimum absolute atomic E-state index is 0.169. The largest absolute Gasteiger partial charge is 0.472 e. The molecule has 3 N–H and O–H groups in total. The summed E-state index contributed by atoms with van der Waals surface area (Å²) in [6.07, 6.45) is 3.41.